The van der Waals surface area contributed by atoms with Gasteiger partial charge in [-0.15, -0.1) is 5.10 Å². The molecule has 0 spiro atoms. The van der Waals surface area contributed by atoms with Crippen molar-refractivity contribution in [2.24, 2.45) is 0 Å². The molecule has 0 amide bonds. The molecular formula is C16H16N4O. The molecular weight excluding hydrogens is 264 g/mol. The molecule has 0 fully saturated rings. The van der Waals surface area contributed by atoms with Gasteiger partial charge >= 0.3 is 0 Å². The van der Waals surface area contributed by atoms with Gasteiger partial charge in [-0.2, -0.15) is 4.98 Å². The minimum atomic E-state index is 0.561. The lowest BCUT2D eigenvalue weighted by atomic mass is 10.1. The van der Waals surface area contributed by atoms with Crippen molar-refractivity contribution in [2.45, 2.75) is 6.42 Å². The van der Waals surface area contributed by atoms with Crippen molar-refractivity contribution in [1.82, 2.24) is 15.2 Å². The lowest BCUT2D eigenvalue weighted by molar-refractivity contribution is 0.415. The Labute approximate surface area is 123 Å². The number of methoxy groups -OCH3 is 1. The van der Waals surface area contributed by atoms with Gasteiger partial charge in [0.2, 0.25) is 5.95 Å². The summed E-state index contributed by atoms with van der Waals surface area (Å²) in [6.45, 7) is 0. The van der Waals surface area contributed by atoms with Gasteiger partial charge in [-0.1, -0.05) is 30.3 Å². The zero-order valence-electron chi connectivity index (χ0n) is 11.7. The fourth-order valence-corrected chi connectivity index (χ4v) is 2.02. The Morgan fingerprint density at radius 1 is 1.05 bits per heavy atom. The highest BCUT2D eigenvalue weighted by molar-refractivity contribution is 5.54. The molecule has 0 saturated carbocycles. The number of nitrogens with zero attached hydrogens (tertiary/aromatic N) is 2. The molecule has 0 unspecified atom stereocenters. The molecule has 2 N–H and O–H groups in total. The van der Waals surface area contributed by atoms with Gasteiger partial charge in [-0.3, -0.25) is 5.10 Å². The molecule has 21 heavy (non-hydrogen) atoms. The first-order chi connectivity index (χ1) is 10.3. The Kier molecular flexibility index (Phi) is 3.82. The third-order valence-electron chi connectivity index (χ3n) is 3.09. The van der Waals surface area contributed by atoms with Crippen molar-refractivity contribution >= 4 is 11.6 Å². The van der Waals surface area contributed by atoms with E-state index in [0.717, 1.165) is 23.7 Å². The van der Waals surface area contributed by atoms with Crippen molar-refractivity contribution in [3.63, 3.8) is 0 Å². The molecule has 0 radical (unpaired) electrons. The van der Waals surface area contributed by atoms with Crippen LogP contribution in [0.3, 0.4) is 0 Å². The van der Waals surface area contributed by atoms with Crippen LogP contribution in [-0.4, -0.2) is 22.3 Å². The molecule has 0 aliphatic rings. The number of hydrogen-bond donors (Lipinski definition) is 2. The van der Waals surface area contributed by atoms with Crippen LogP contribution in [-0.2, 0) is 6.42 Å². The first-order valence-electron chi connectivity index (χ1n) is 6.70. The van der Waals surface area contributed by atoms with Crippen molar-refractivity contribution in [2.75, 3.05) is 12.4 Å². The highest BCUT2D eigenvalue weighted by Crippen LogP contribution is 2.18. The molecule has 3 aromatic rings. The summed E-state index contributed by atoms with van der Waals surface area (Å²) in [5.74, 6) is 2.21. The van der Waals surface area contributed by atoms with Crippen LogP contribution in [0.5, 0.6) is 5.75 Å². The summed E-state index contributed by atoms with van der Waals surface area (Å²) >= 11 is 0. The molecule has 0 saturated heterocycles. The van der Waals surface area contributed by atoms with Crippen molar-refractivity contribution in [3.05, 3.63) is 66.0 Å². The molecule has 0 aliphatic heterocycles. The number of hydrogen-bond acceptors (Lipinski definition) is 4. The summed E-state index contributed by atoms with van der Waals surface area (Å²) in [5.41, 5.74) is 2.12. The third kappa shape index (κ3) is 3.39. The summed E-state index contributed by atoms with van der Waals surface area (Å²) in [5, 5.41) is 10.3. The number of benzene rings is 2. The van der Waals surface area contributed by atoms with E-state index in [-0.39, 0.29) is 0 Å². The maximum atomic E-state index is 5.12. The molecule has 3 rings (SSSR count). The number of ether oxygens (including phenoxy) is 1. The second kappa shape index (κ2) is 6.09. The number of aromatic nitrogens is 3. The second-order valence-corrected chi connectivity index (χ2v) is 4.62. The van der Waals surface area contributed by atoms with Crippen LogP contribution < -0.4 is 10.1 Å². The van der Waals surface area contributed by atoms with Crippen molar-refractivity contribution < 1.29 is 4.74 Å². The van der Waals surface area contributed by atoms with Gasteiger partial charge < -0.3 is 10.1 Å². The second-order valence-electron chi connectivity index (χ2n) is 4.62. The first kappa shape index (κ1) is 13.2. The Hall–Kier alpha value is -2.82. The van der Waals surface area contributed by atoms with Crippen LogP contribution in [0.2, 0.25) is 0 Å². The van der Waals surface area contributed by atoms with Gasteiger partial charge in [0.15, 0.2) is 0 Å². The highest BCUT2D eigenvalue weighted by atomic mass is 16.5. The van der Waals surface area contributed by atoms with Gasteiger partial charge in [0.1, 0.15) is 11.6 Å². The first-order valence-corrected chi connectivity index (χ1v) is 6.70. The molecule has 0 aliphatic carbocycles. The standard InChI is InChI=1S/C16H16N4O/c1-21-14-9-7-13(8-10-14)17-16-18-15(19-20-16)11-12-5-3-2-4-6-12/h2-10H,11H2,1H3,(H2,17,18,19,20). The van der Waals surface area contributed by atoms with Gasteiger partial charge in [0.05, 0.1) is 7.11 Å². The summed E-state index contributed by atoms with van der Waals surface area (Å²) < 4.78 is 5.12. The van der Waals surface area contributed by atoms with E-state index >= 15 is 0 Å². The Balaban J connectivity index is 1.67. The molecule has 1 heterocycles. The molecule has 1 aromatic heterocycles. The fourth-order valence-electron chi connectivity index (χ4n) is 2.02. The SMILES string of the molecule is COc1ccc(Nc2n[nH]c(Cc3ccccc3)n2)cc1. The quantitative estimate of drug-likeness (QED) is 0.753. The number of rotatable bonds is 5. The van der Waals surface area contributed by atoms with Crippen molar-refractivity contribution in [1.29, 1.82) is 0 Å². The zero-order chi connectivity index (χ0) is 14.5. The monoisotopic (exact) mass is 280 g/mol. The maximum absolute atomic E-state index is 5.12. The van der Waals surface area contributed by atoms with Crippen molar-refractivity contribution in [3.8, 4) is 5.75 Å². The van der Waals surface area contributed by atoms with Crippen LogP contribution in [0.4, 0.5) is 11.6 Å². The Morgan fingerprint density at radius 3 is 2.52 bits per heavy atom. The zero-order valence-corrected chi connectivity index (χ0v) is 11.7. The lowest BCUT2D eigenvalue weighted by Gasteiger charge is -2.03. The summed E-state index contributed by atoms with van der Waals surface area (Å²) in [6, 6.07) is 17.8. The van der Waals surface area contributed by atoms with Gasteiger partial charge in [-0.05, 0) is 29.8 Å². The minimum Gasteiger partial charge on any atom is -0.497 e. The van der Waals surface area contributed by atoms with Crippen LogP contribution in [0.25, 0.3) is 0 Å². The summed E-state index contributed by atoms with van der Waals surface area (Å²) in [7, 11) is 1.65. The van der Waals surface area contributed by atoms with E-state index in [1.54, 1.807) is 7.11 Å². The number of aromatic amines is 1. The number of H-pyrrole nitrogens is 1. The minimum absolute atomic E-state index is 0.561. The van der Waals surface area contributed by atoms with E-state index in [0.29, 0.717) is 5.95 Å². The van der Waals surface area contributed by atoms with E-state index in [1.165, 1.54) is 5.56 Å². The third-order valence-corrected chi connectivity index (χ3v) is 3.09. The highest BCUT2D eigenvalue weighted by Gasteiger charge is 2.04. The normalized spacial score (nSPS) is 10.3. The summed E-state index contributed by atoms with van der Waals surface area (Å²) in [4.78, 5) is 4.43. The average molecular weight is 280 g/mol. The predicted molar refractivity (Wildman–Crippen MR) is 81.9 cm³/mol. The maximum Gasteiger partial charge on any atom is 0.246 e. The molecule has 0 bridgehead atoms. The van der Waals surface area contributed by atoms with Gasteiger partial charge in [-0.25, -0.2) is 0 Å². The topological polar surface area (TPSA) is 62.8 Å². The smallest absolute Gasteiger partial charge is 0.246 e. The predicted octanol–water partition coefficient (Wildman–Crippen LogP) is 3.15. The number of anilines is 2. The Morgan fingerprint density at radius 2 is 1.81 bits per heavy atom. The van der Waals surface area contributed by atoms with Gasteiger partial charge in [0, 0.05) is 12.1 Å². The van der Waals surface area contributed by atoms with E-state index in [9.17, 15) is 0 Å². The lowest BCUT2D eigenvalue weighted by Crippen LogP contribution is -1.93. The molecule has 2 aromatic carbocycles. The molecule has 5 heteroatoms. The Bertz CT molecular complexity index is 692. The van der Waals surface area contributed by atoms with Crippen LogP contribution in [0.15, 0.2) is 54.6 Å². The molecule has 106 valence electrons. The van der Waals surface area contributed by atoms with Gasteiger partial charge in [0.25, 0.3) is 0 Å². The number of nitrogens with one attached hydrogen (secondary N) is 2. The molecule has 0 atom stereocenters. The van der Waals surface area contributed by atoms with E-state index in [1.807, 2.05) is 42.5 Å². The fraction of sp³-hybridized carbons (Fsp3) is 0.125. The summed E-state index contributed by atoms with van der Waals surface area (Å²) in [6.07, 6.45) is 0.734. The van der Waals surface area contributed by atoms with E-state index in [4.69, 9.17) is 4.74 Å². The van der Waals surface area contributed by atoms with Crippen LogP contribution >= 0.6 is 0 Å². The van der Waals surface area contributed by atoms with E-state index < -0.39 is 0 Å². The van der Waals surface area contributed by atoms with Crippen LogP contribution in [0, 0.1) is 0 Å². The average Bonchev–Trinajstić information content (AvgIpc) is 2.96. The largest absolute Gasteiger partial charge is 0.497 e. The van der Waals surface area contributed by atoms with Crippen LogP contribution in [0.1, 0.15) is 11.4 Å². The van der Waals surface area contributed by atoms with E-state index in [2.05, 4.69) is 32.6 Å². The molecule has 5 nitrogen and oxygen atoms in total.